The van der Waals surface area contributed by atoms with Crippen LogP contribution in [0.1, 0.15) is 71.8 Å². The van der Waals surface area contributed by atoms with Gasteiger partial charge in [0, 0.05) is 51.3 Å². The fourth-order valence-electron chi connectivity index (χ4n) is 5.78. The first-order valence-corrected chi connectivity index (χ1v) is 13.5. The van der Waals surface area contributed by atoms with Crippen LogP contribution in [-0.2, 0) is 14.4 Å². The third kappa shape index (κ3) is 4.88. The van der Waals surface area contributed by atoms with Gasteiger partial charge in [0.05, 0.1) is 11.1 Å². The number of carbonyl (C=O) groups excluding carboxylic acids is 2. The van der Waals surface area contributed by atoms with E-state index >= 15 is 0 Å². The number of aliphatic carboxylic acids is 1. The monoisotopic (exact) mass is 607 g/mol. The standard InChI is InChI=1S/C27H31Br2NO5/c1-6-35-25-15(7-14(28)8-16(25)29)22-23-17(9-26(2,3)11-19(23)31)30(13-21(33)34)18-10-27(4,5)12-20(32)24(18)22/h7-8,22H,6,9-13H2,1-5H3,(H,33,34). The second-order valence-electron chi connectivity index (χ2n) is 11.3. The van der Waals surface area contributed by atoms with Gasteiger partial charge in [-0.1, -0.05) is 43.6 Å². The molecule has 0 spiro atoms. The van der Waals surface area contributed by atoms with Crippen molar-refractivity contribution in [3.05, 3.63) is 49.2 Å². The number of ketones is 2. The second kappa shape index (κ2) is 9.18. The van der Waals surface area contributed by atoms with E-state index in [9.17, 15) is 19.5 Å². The molecule has 0 saturated heterocycles. The van der Waals surface area contributed by atoms with Crippen molar-refractivity contribution in [1.82, 2.24) is 4.90 Å². The molecule has 0 radical (unpaired) electrons. The van der Waals surface area contributed by atoms with Crippen LogP contribution in [0, 0.1) is 10.8 Å². The van der Waals surface area contributed by atoms with E-state index in [4.69, 9.17) is 4.74 Å². The van der Waals surface area contributed by atoms with Gasteiger partial charge in [-0.25, -0.2) is 0 Å². The molecule has 0 aromatic heterocycles. The summed E-state index contributed by atoms with van der Waals surface area (Å²) in [7, 11) is 0. The van der Waals surface area contributed by atoms with Crippen molar-refractivity contribution in [2.75, 3.05) is 13.2 Å². The molecular formula is C27H31Br2NO5. The third-order valence-electron chi connectivity index (χ3n) is 6.95. The Kier molecular flexibility index (Phi) is 6.86. The normalized spacial score (nSPS) is 21.7. The number of Topliss-reactive ketones (excluding diaryl/α,β-unsaturated/α-hetero) is 2. The fraction of sp³-hybridized carbons (Fsp3) is 0.519. The van der Waals surface area contributed by atoms with Gasteiger partial charge >= 0.3 is 5.97 Å². The van der Waals surface area contributed by atoms with E-state index in [1.807, 2.05) is 46.8 Å². The molecule has 188 valence electrons. The molecule has 35 heavy (non-hydrogen) atoms. The Bertz CT molecular complexity index is 1140. The molecule has 0 saturated carbocycles. The maximum atomic E-state index is 13.8. The quantitative estimate of drug-likeness (QED) is 0.417. The van der Waals surface area contributed by atoms with Gasteiger partial charge in [0.2, 0.25) is 0 Å². The Morgan fingerprint density at radius 2 is 1.51 bits per heavy atom. The first-order chi connectivity index (χ1) is 16.2. The highest BCUT2D eigenvalue weighted by Crippen LogP contribution is 2.56. The van der Waals surface area contributed by atoms with Crippen LogP contribution in [0.4, 0.5) is 0 Å². The van der Waals surface area contributed by atoms with Gasteiger partial charge in [0.1, 0.15) is 12.3 Å². The minimum atomic E-state index is -0.992. The Morgan fingerprint density at radius 1 is 1.00 bits per heavy atom. The van der Waals surface area contributed by atoms with Crippen molar-refractivity contribution < 1.29 is 24.2 Å². The highest BCUT2D eigenvalue weighted by atomic mass is 79.9. The lowest BCUT2D eigenvalue weighted by molar-refractivity contribution is -0.138. The summed E-state index contributed by atoms with van der Waals surface area (Å²) in [6.45, 7) is 10.2. The first-order valence-electron chi connectivity index (χ1n) is 11.9. The van der Waals surface area contributed by atoms with Crippen molar-refractivity contribution in [2.45, 2.75) is 66.2 Å². The molecule has 1 aromatic rings. The number of carboxylic acids is 1. The maximum Gasteiger partial charge on any atom is 0.323 e. The SMILES string of the molecule is CCOc1c(Br)cc(Br)cc1C1C2=C(CC(C)(C)CC2=O)N(CC(=O)O)C2=C1C(=O)CC(C)(C)C2. The van der Waals surface area contributed by atoms with Crippen LogP contribution in [0.3, 0.4) is 0 Å². The van der Waals surface area contributed by atoms with Gasteiger partial charge < -0.3 is 14.7 Å². The molecule has 1 aromatic carbocycles. The van der Waals surface area contributed by atoms with Gasteiger partial charge in [-0.15, -0.1) is 0 Å². The molecule has 4 rings (SSSR count). The van der Waals surface area contributed by atoms with Crippen molar-refractivity contribution in [3.8, 4) is 5.75 Å². The lowest BCUT2D eigenvalue weighted by atomic mass is 9.63. The summed E-state index contributed by atoms with van der Waals surface area (Å²) in [4.78, 5) is 41.3. The van der Waals surface area contributed by atoms with Crippen molar-refractivity contribution in [2.24, 2.45) is 10.8 Å². The van der Waals surface area contributed by atoms with Crippen molar-refractivity contribution in [1.29, 1.82) is 0 Å². The zero-order valence-corrected chi connectivity index (χ0v) is 23.9. The molecule has 0 atom stereocenters. The smallest absolute Gasteiger partial charge is 0.323 e. The van der Waals surface area contributed by atoms with Crippen LogP contribution in [0.5, 0.6) is 5.75 Å². The molecule has 3 aliphatic rings. The summed E-state index contributed by atoms with van der Waals surface area (Å²) in [6.07, 6.45) is 1.79. The third-order valence-corrected chi connectivity index (χ3v) is 8.00. The summed E-state index contributed by atoms with van der Waals surface area (Å²) in [5.74, 6) is -1.08. The predicted molar refractivity (Wildman–Crippen MR) is 140 cm³/mol. The molecule has 0 bridgehead atoms. The van der Waals surface area contributed by atoms with E-state index in [2.05, 4.69) is 31.9 Å². The summed E-state index contributed by atoms with van der Waals surface area (Å²) in [5.41, 5.74) is 2.62. The Morgan fingerprint density at radius 3 is 1.97 bits per heavy atom. The molecule has 0 fully saturated rings. The number of hydrogen-bond acceptors (Lipinski definition) is 5. The van der Waals surface area contributed by atoms with E-state index in [1.54, 1.807) is 4.90 Å². The second-order valence-corrected chi connectivity index (χ2v) is 13.0. The minimum Gasteiger partial charge on any atom is -0.492 e. The highest BCUT2D eigenvalue weighted by Gasteiger charge is 2.50. The molecule has 8 heteroatoms. The minimum absolute atomic E-state index is 0.0423. The Balaban J connectivity index is 2.08. The van der Waals surface area contributed by atoms with Gasteiger partial charge in [-0.2, -0.15) is 0 Å². The average Bonchev–Trinajstić information content (AvgIpc) is 2.69. The van der Waals surface area contributed by atoms with Crippen LogP contribution in [0.2, 0.25) is 0 Å². The van der Waals surface area contributed by atoms with E-state index < -0.39 is 11.9 Å². The Hall–Kier alpha value is -1.93. The fourth-order valence-corrected chi connectivity index (χ4v) is 7.15. The van der Waals surface area contributed by atoms with Crippen LogP contribution < -0.4 is 4.74 Å². The zero-order chi connectivity index (χ0) is 25.9. The van der Waals surface area contributed by atoms with Crippen LogP contribution in [0.15, 0.2) is 43.6 Å². The van der Waals surface area contributed by atoms with Crippen LogP contribution in [-0.4, -0.2) is 40.7 Å². The number of carboxylic acid groups (broad SMARTS) is 1. The average molecular weight is 609 g/mol. The summed E-state index contributed by atoms with van der Waals surface area (Å²) >= 11 is 7.18. The van der Waals surface area contributed by atoms with E-state index in [-0.39, 0.29) is 28.9 Å². The number of rotatable bonds is 5. The van der Waals surface area contributed by atoms with Crippen LogP contribution in [0.25, 0.3) is 0 Å². The molecule has 0 unspecified atom stereocenters. The lowest BCUT2D eigenvalue weighted by Gasteiger charge is -2.48. The van der Waals surface area contributed by atoms with Gasteiger partial charge in [-0.3, -0.25) is 14.4 Å². The maximum absolute atomic E-state index is 13.8. The first kappa shape index (κ1) is 26.1. The number of ether oxygens (including phenoxy) is 1. The van der Waals surface area contributed by atoms with E-state index in [0.717, 1.165) is 25.9 Å². The van der Waals surface area contributed by atoms with E-state index in [0.29, 0.717) is 49.2 Å². The predicted octanol–water partition coefficient (Wildman–Crippen LogP) is 6.38. The van der Waals surface area contributed by atoms with E-state index in [1.165, 1.54) is 0 Å². The molecular weight excluding hydrogens is 578 g/mol. The number of hydrogen-bond donors (Lipinski definition) is 1. The topological polar surface area (TPSA) is 83.9 Å². The van der Waals surface area contributed by atoms with Crippen molar-refractivity contribution >= 4 is 49.4 Å². The number of halogens is 2. The van der Waals surface area contributed by atoms with Gasteiger partial charge in [-0.05, 0) is 58.7 Å². The largest absolute Gasteiger partial charge is 0.492 e. The molecule has 1 heterocycles. The van der Waals surface area contributed by atoms with Gasteiger partial charge in [0.15, 0.2) is 11.6 Å². The summed E-state index contributed by atoms with van der Waals surface area (Å²) < 4.78 is 7.56. The highest BCUT2D eigenvalue weighted by molar-refractivity contribution is 9.11. The van der Waals surface area contributed by atoms with Gasteiger partial charge in [0.25, 0.3) is 0 Å². The lowest BCUT2D eigenvalue weighted by Crippen LogP contribution is -2.45. The number of carbonyl (C=O) groups is 3. The van der Waals surface area contributed by atoms with Crippen molar-refractivity contribution in [3.63, 3.8) is 0 Å². The summed E-state index contributed by atoms with van der Waals surface area (Å²) in [6, 6.07) is 3.80. The molecule has 1 N–H and O–H groups in total. The molecule has 2 aliphatic carbocycles. The number of allylic oxidation sites excluding steroid dienone is 4. The summed E-state index contributed by atoms with van der Waals surface area (Å²) in [5, 5.41) is 9.82. The zero-order valence-electron chi connectivity index (χ0n) is 20.8. The molecule has 0 amide bonds. The molecule has 1 aliphatic heterocycles. The molecule has 6 nitrogen and oxygen atoms in total. The van der Waals surface area contributed by atoms with Crippen LogP contribution >= 0.6 is 31.9 Å². The number of benzene rings is 1. The number of nitrogens with zero attached hydrogens (tertiary/aromatic N) is 1. The Labute approximate surface area is 223 Å².